The van der Waals surface area contributed by atoms with E-state index in [1.807, 2.05) is 0 Å². The molecule has 1 fully saturated rings. The second-order valence-electron chi connectivity index (χ2n) is 6.36. The SMILES string of the molecule is CC1CCCC(NC(=O)[C@@H](N)Cc2ccc(O)cc2)C1C. The van der Waals surface area contributed by atoms with Crippen molar-refractivity contribution >= 4 is 5.91 Å². The molecule has 116 valence electrons. The molecule has 0 spiro atoms. The topological polar surface area (TPSA) is 75.4 Å². The van der Waals surface area contributed by atoms with Crippen LogP contribution in [0, 0.1) is 11.8 Å². The van der Waals surface area contributed by atoms with E-state index in [1.165, 1.54) is 12.8 Å². The maximum absolute atomic E-state index is 12.2. The highest BCUT2D eigenvalue weighted by Crippen LogP contribution is 2.29. The molecule has 0 radical (unpaired) electrons. The van der Waals surface area contributed by atoms with Crippen LogP contribution in [0.4, 0.5) is 0 Å². The number of nitrogens with one attached hydrogen (secondary N) is 1. The molecule has 4 heteroatoms. The van der Waals surface area contributed by atoms with E-state index in [0.717, 1.165) is 12.0 Å². The number of hydrogen-bond acceptors (Lipinski definition) is 3. The summed E-state index contributed by atoms with van der Waals surface area (Å²) in [4.78, 5) is 12.2. The second-order valence-corrected chi connectivity index (χ2v) is 6.36. The van der Waals surface area contributed by atoms with Crippen LogP contribution in [0.3, 0.4) is 0 Å². The van der Waals surface area contributed by atoms with Gasteiger partial charge in [-0.3, -0.25) is 4.79 Å². The smallest absolute Gasteiger partial charge is 0.237 e. The number of hydrogen-bond donors (Lipinski definition) is 3. The van der Waals surface area contributed by atoms with E-state index < -0.39 is 6.04 Å². The summed E-state index contributed by atoms with van der Waals surface area (Å²) in [5, 5.41) is 12.4. The standard InChI is InChI=1S/C17H26N2O2/c1-11-4-3-5-16(12(11)2)19-17(21)15(18)10-13-6-8-14(20)9-7-13/h6-9,11-12,15-16,20H,3-5,10,18H2,1-2H3,(H,19,21)/t11?,12?,15-,16?/m0/s1. The van der Waals surface area contributed by atoms with Crippen LogP contribution in [0.15, 0.2) is 24.3 Å². The van der Waals surface area contributed by atoms with Crippen LogP contribution in [-0.2, 0) is 11.2 Å². The summed E-state index contributed by atoms with van der Waals surface area (Å²) in [6.45, 7) is 4.46. The van der Waals surface area contributed by atoms with Crippen molar-refractivity contribution in [3.8, 4) is 5.75 Å². The zero-order valence-electron chi connectivity index (χ0n) is 12.9. The van der Waals surface area contributed by atoms with Gasteiger partial charge in [0.25, 0.3) is 0 Å². The molecule has 1 amide bonds. The molecule has 21 heavy (non-hydrogen) atoms. The minimum Gasteiger partial charge on any atom is -0.508 e. The van der Waals surface area contributed by atoms with E-state index >= 15 is 0 Å². The average Bonchev–Trinajstić information content (AvgIpc) is 2.46. The minimum absolute atomic E-state index is 0.0750. The molecule has 4 atom stereocenters. The lowest BCUT2D eigenvalue weighted by molar-refractivity contribution is -0.123. The van der Waals surface area contributed by atoms with Crippen LogP contribution in [0.2, 0.25) is 0 Å². The largest absolute Gasteiger partial charge is 0.508 e. The molecule has 0 bridgehead atoms. The molecule has 0 aliphatic heterocycles. The fourth-order valence-electron chi connectivity index (χ4n) is 3.05. The molecule has 0 aromatic heterocycles. The Kier molecular flexibility index (Phi) is 5.23. The van der Waals surface area contributed by atoms with Crippen molar-refractivity contribution in [1.29, 1.82) is 0 Å². The number of aromatic hydroxyl groups is 1. The summed E-state index contributed by atoms with van der Waals surface area (Å²) in [6, 6.07) is 6.53. The highest BCUT2D eigenvalue weighted by atomic mass is 16.3. The molecule has 3 unspecified atom stereocenters. The third-order valence-electron chi connectivity index (χ3n) is 4.76. The predicted octanol–water partition coefficient (Wildman–Crippen LogP) is 2.20. The molecule has 1 aromatic rings. The molecule has 4 nitrogen and oxygen atoms in total. The van der Waals surface area contributed by atoms with Gasteiger partial charge >= 0.3 is 0 Å². The van der Waals surface area contributed by atoms with Gasteiger partial charge in [0.2, 0.25) is 5.91 Å². The number of carbonyl (C=O) groups excluding carboxylic acids is 1. The van der Waals surface area contributed by atoms with Crippen LogP contribution in [0.1, 0.15) is 38.7 Å². The Morgan fingerprint density at radius 1 is 1.33 bits per heavy atom. The second kappa shape index (κ2) is 6.94. The van der Waals surface area contributed by atoms with Gasteiger partial charge in [-0.25, -0.2) is 0 Å². The minimum atomic E-state index is -0.543. The Bertz CT molecular complexity index is 472. The van der Waals surface area contributed by atoms with Crippen molar-refractivity contribution in [3.63, 3.8) is 0 Å². The number of nitrogens with two attached hydrogens (primary N) is 1. The van der Waals surface area contributed by atoms with E-state index in [2.05, 4.69) is 19.2 Å². The molecular formula is C17H26N2O2. The van der Waals surface area contributed by atoms with Gasteiger partial charge < -0.3 is 16.2 Å². The van der Waals surface area contributed by atoms with Crippen molar-refractivity contribution in [2.75, 3.05) is 0 Å². The summed E-state index contributed by atoms with van der Waals surface area (Å²) in [5.74, 6) is 1.30. The number of amides is 1. The van der Waals surface area contributed by atoms with Gasteiger partial charge in [-0.1, -0.05) is 38.8 Å². The van der Waals surface area contributed by atoms with Crippen LogP contribution >= 0.6 is 0 Å². The van der Waals surface area contributed by atoms with Gasteiger partial charge in [0.15, 0.2) is 0 Å². The molecule has 0 heterocycles. The monoisotopic (exact) mass is 290 g/mol. The lowest BCUT2D eigenvalue weighted by Crippen LogP contribution is -2.50. The number of phenols is 1. The van der Waals surface area contributed by atoms with E-state index in [0.29, 0.717) is 18.3 Å². The van der Waals surface area contributed by atoms with Gasteiger partial charge in [0.05, 0.1) is 6.04 Å². The lowest BCUT2D eigenvalue weighted by atomic mass is 9.78. The average molecular weight is 290 g/mol. The number of rotatable bonds is 4. The van der Waals surface area contributed by atoms with E-state index in [9.17, 15) is 9.90 Å². The van der Waals surface area contributed by atoms with Crippen molar-refractivity contribution < 1.29 is 9.90 Å². The van der Waals surface area contributed by atoms with Crippen LogP contribution in [-0.4, -0.2) is 23.1 Å². The summed E-state index contributed by atoms with van der Waals surface area (Å²) >= 11 is 0. The normalized spacial score (nSPS) is 27.1. The van der Waals surface area contributed by atoms with E-state index in [1.54, 1.807) is 24.3 Å². The Balaban J connectivity index is 1.88. The first-order valence-electron chi connectivity index (χ1n) is 7.81. The van der Waals surface area contributed by atoms with Gasteiger partial charge in [0, 0.05) is 6.04 Å². The lowest BCUT2D eigenvalue weighted by Gasteiger charge is -2.35. The van der Waals surface area contributed by atoms with Gasteiger partial charge in [-0.2, -0.15) is 0 Å². The Labute approximate surface area is 126 Å². The fraction of sp³-hybridized carbons (Fsp3) is 0.588. The first-order chi connectivity index (χ1) is 9.97. The highest BCUT2D eigenvalue weighted by molar-refractivity contribution is 5.82. The van der Waals surface area contributed by atoms with Gasteiger partial charge in [0.1, 0.15) is 5.75 Å². The highest BCUT2D eigenvalue weighted by Gasteiger charge is 2.29. The quantitative estimate of drug-likeness (QED) is 0.795. The Morgan fingerprint density at radius 2 is 2.00 bits per heavy atom. The summed E-state index contributed by atoms with van der Waals surface area (Å²) in [6.07, 6.45) is 3.95. The first-order valence-corrected chi connectivity index (χ1v) is 7.81. The summed E-state index contributed by atoms with van der Waals surface area (Å²) in [7, 11) is 0. The van der Waals surface area contributed by atoms with Crippen LogP contribution in [0.25, 0.3) is 0 Å². The molecule has 1 aromatic carbocycles. The number of phenolic OH excluding ortho intramolecular Hbond substituents is 1. The predicted molar refractivity (Wildman–Crippen MR) is 83.9 cm³/mol. The number of carbonyl (C=O) groups is 1. The maximum atomic E-state index is 12.2. The zero-order chi connectivity index (χ0) is 15.4. The summed E-state index contributed by atoms with van der Waals surface area (Å²) < 4.78 is 0. The van der Waals surface area contributed by atoms with E-state index in [4.69, 9.17) is 5.73 Å². The molecule has 1 aliphatic carbocycles. The number of benzene rings is 1. The third kappa shape index (κ3) is 4.21. The van der Waals surface area contributed by atoms with Crippen molar-refractivity contribution in [3.05, 3.63) is 29.8 Å². The Hall–Kier alpha value is -1.55. The fourth-order valence-corrected chi connectivity index (χ4v) is 3.05. The van der Waals surface area contributed by atoms with Crippen LogP contribution < -0.4 is 11.1 Å². The van der Waals surface area contributed by atoms with Crippen molar-refractivity contribution in [1.82, 2.24) is 5.32 Å². The van der Waals surface area contributed by atoms with Crippen molar-refractivity contribution in [2.45, 2.75) is 51.6 Å². The maximum Gasteiger partial charge on any atom is 0.237 e. The molecule has 1 saturated carbocycles. The molecule has 4 N–H and O–H groups in total. The van der Waals surface area contributed by atoms with Gasteiger partial charge in [-0.15, -0.1) is 0 Å². The molecule has 2 rings (SSSR count). The van der Waals surface area contributed by atoms with Gasteiger partial charge in [-0.05, 0) is 42.4 Å². The molecule has 0 saturated heterocycles. The Morgan fingerprint density at radius 3 is 2.67 bits per heavy atom. The third-order valence-corrected chi connectivity index (χ3v) is 4.76. The van der Waals surface area contributed by atoms with E-state index in [-0.39, 0.29) is 17.7 Å². The van der Waals surface area contributed by atoms with Crippen molar-refractivity contribution in [2.24, 2.45) is 17.6 Å². The molecule has 1 aliphatic rings. The summed E-state index contributed by atoms with van der Waals surface area (Å²) in [5.41, 5.74) is 6.97. The zero-order valence-corrected chi connectivity index (χ0v) is 12.9. The molecular weight excluding hydrogens is 264 g/mol. The van der Waals surface area contributed by atoms with Crippen LogP contribution in [0.5, 0.6) is 5.75 Å². The first kappa shape index (κ1) is 15.8.